The molecule has 0 N–H and O–H groups in total. The lowest BCUT2D eigenvalue weighted by atomic mass is 10.2. The molecule has 1 aliphatic rings. The highest BCUT2D eigenvalue weighted by atomic mass is 16.2. The van der Waals surface area contributed by atoms with Crippen LogP contribution in [0.25, 0.3) is 0 Å². The van der Waals surface area contributed by atoms with Gasteiger partial charge in [0.25, 0.3) is 5.91 Å². The molecule has 0 saturated heterocycles. The summed E-state index contributed by atoms with van der Waals surface area (Å²) in [5.41, 5.74) is 2.37. The number of rotatable bonds is 2. The number of carbonyl (C=O) groups excluding carboxylic acids is 1. The Labute approximate surface area is 116 Å². The second kappa shape index (κ2) is 4.52. The molecule has 0 bridgehead atoms. The Balaban J connectivity index is 1.98. The van der Waals surface area contributed by atoms with Crippen LogP contribution in [0.15, 0.2) is 23.6 Å². The minimum absolute atomic E-state index is 0.0960. The van der Waals surface area contributed by atoms with Gasteiger partial charge in [-0.15, -0.1) is 0 Å². The number of anilines is 1. The molecule has 102 valence electrons. The van der Waals surface area contributed by atoms with E-state index in [1.54, 1.807) is 23.9 Å². The molecule has 1 aliphatic heterocycles. The van der Waals surface area contributed by atoms with E-state index in [0.29, 0.717) is 17.4 Å². The zero-order valence-electron chi connectivity index (χ0n) is 11.5. The molecular formula is C13H14N6O. The van der Waals surface area contributed by atoms with Crippen LogP contribution in [0.5, 0.6) is 0 Å². The largest absolute Gasteiger partial charge is 0.275 e. The van der Waals surface area contributed by atoms with Crippen LogP contribution in [0.4, 0.5) is 5.82 Å². The normalized spacial score (nSPS) is 14.8. The standard InChI is InChI=1S/C13H14N6O/c1-8-4-12(16-9(2)15-8)19-13(20)5-11(17-19)10-6-14-18(3)7-10/h4,6-7H,5H2,1-3H3. The highest BCUT2D eigenvalue weighted by molar-refractivity contribution is 6.18. The van der Waals surface area contributed by atoms with E-state index >= 15 is 0 Å². The van der Waals surface area contributed by atoms with Crippen molar-refractivity contribution >= 4 is 17.4 Å². The van der Waals surface area contributed by atoms with Crippen molar-refractivity contribution in [2.45, 2.75) is 20.3 Å². The Morgan fingerprint density at radius 3 is 2.70 bits per heavy atom. The third-order valence-electron chi connectivity index (χ3n) is 2.98. The summed E-state index contributed by atoms with van der Waals surface area (Å²) in [5, 5.41) is 9.79. The van der Waals surface area contributed by atoms with Gasteiger partial charge in [0.2, 0.25) is 0 Å². The molecule has 0 aliphatic carbocycles. The van der Waals surface area contributed by atoms with Gasteiger partial charge in [-0.05, 0) is 13.8 Å². The van der Waals surface area contributed by atoms with Crippen LogP contribution in [0.3, 0.4) is 0 Å². The molecule has 0 unspecified atom stereocenters. The van der Waals surface area contributed by atoms with Crippen molar-refractivity contribution in [3.8, 4) is 0 Å². The van der Waals surface area contributed by atoms with Crippen molar-refractivity contribution in [2.75, 3.05) is 5.01 Å². The van der Waals surface area contributed by atoms with Crippen LogP contribution >= 0.6 is 0 Å². The molecule has 0 spiro atoms. The van der Waals surface area contributed by atoms with E-state index in [1.807, 2.05) is 20.2 Å². The molecule has 2 aromatic rings. The summed E-state index contributed by atoms with van der Waals surface area (Å²) in [6, 6.07) is 1.75. The number of nitrogens with zero attached hydrogens (tertiary/aromatic N) is 6. The van der Waals surface area contributed by atoms with E-state index in [1.165, 1.54) is 5.01 Å². The Kier molecular flexibility index (Phi) is 2.81. The van der Waals surface area contributed by atoms with Crippen molar-refractivity contribution in [1.82, 2.24) is 19.7 Å². The average Bonchev–Trinajstić information content (AvgIpc) is 2.94. The second-order valence-electron chi connectivity index (χ2n) is 4.75. The number of hydrogen-bond donors (Lipinski definition) is 0. The van der Waals surface area contributed by atoms with E-state index in [9.17, 15) is 4.79 Å². The van der Waals surface area contributed by atoms with E-state index in [2.05, 4.69) is 20.2 Å². The number of carbonyl (C=O) groups is 1. The molecule has 3 heterocycles. The van der Waals surface area contributed by atoms with Gasteiger partial charge in [0.15, 0.2) is 5.82 Å². The van der Waals surface area contributed by atoms with Crippen molar-refractivity contribution < 1.29 is 4.79 Å². The predicted octanol–water partition coefficient (Wildman–Crippen LogP) is 0.968. The fourth-order valence-corrected chi connectivity index (χ4v) is 2.14. The third-order valence-corrected chi connectivity index (χ3v) is 2.98. The molecule has 1 amide bonds. The van der Waals surface area contributed by atoms with Gasteiger partial charge < -0.3 is 0 Å². The lowest BCUT2D eigenvalue weighted by Crippen LogP contribution is -2.21. The molecule has 0 radical (unpaired) electrons. The molecule has 3 rings (SSSR count). The van der Waals surface area contributed by atoms with Crippen LogP contribution in [-0.2, 0) is 11.8 Å². The maximum absolute atomic E-state index is 12.1. The molecule has 0 atom stereocenters. The van der Waals surface area contributed by atoms with Gasteiger partial charge in [0.1, 0.15) is 5.82 Å². The smallest absolute Gasteiger partial charge is 0.254 e. The summed E-state index contributed by atoms with van der Waals surface area (Å²) in [5.74, 6) is 1.04. The molecular weight excluding hydrogens is 256 g/mol. The number of aryl methyl sites for hydroxylation is 3. The quantitative estimate of drug-likeness (QED) is 0.814. The Hall–Kier alpha value is -2.57. The van der Waals surface area contributed by atoms with Gasteiger partial charge in [-0.2, -0.15) is 15.2 Å². The maximum atomic E-state index is 12.1. The predicted molar refractivity (Wildman–Crippen MR) is 73.4 cm³/mol. The molecule has 0 aromatic carbocycles. The van der Waals surface area contributed by atoms with Crippen molar-refractivity contribution in [2.24, 2.45) is 12.1 Å². The monoisotopic (exact) mass is 270 g/mol. The SMILES string of the molecule is Cc1cc(N2N=C(c3cnn(C)c3)CC2=O)nc(C)n1. The minimum Gasteiger partial charge on any atom is -0.275 e. The number of hydrogen-bond acceptors (Lipinski definition) is 5. The lowest BCUT2D eigenvalue weighted by Gasteiger charge is -2.11. The fourth-order valence-electron chi connectivity index (χ4n) is 2.14. The van der Waals surface area contributed by atoms with Crippen LogP contribution < -0.4 is 5.01 Å². The molecule has 0 saturated carbocycles. The van der Waals surface area contributed by atoms with E-state index in [-0.39, 0.29) is 12.3 Å². The lowest BCUT2D eigenvalue weighted by molar-refractivity contribution is -0.116. The first-order valence-corrected chi connectivity index (χ1v) is 6.24. The van der Waals surface area contributed by atoms with Gasteiger partial charge in [0.05, 0.1) is 18.3 Å². The summed E-state index contributed by atoms with van der Waals surface area (Å²) in [7, 11) is 1.83. The average molecular weight is 270 g/mol. The van der Waals surface area contributed by atoms with Gasteiger partial charge in [-0.3, -0.25) is 9.48 Å². The number of amides is 1. The van der Waals surface area contributed by atoms with Crippen LogP contribution in [-0.4, -0.2) is 31.4 Å². The third kappa shape index (κ3) is 2.18. The Morgan fingerprint density at radius 2 is 2.05 bits per heavy atom. The maximum Gasteiger partial charge on any atom is 0.254 e. The summed E-state index contributed by atoms with van der Waals surface area (Å²) in [4.78, 5) is 20.6. The number of hydrazone groups is 1. The topological polar surface area (TPSA) is 76.3 Å². The first-order chi connectivity index (χ1) is 9.52. The van der Waals surface area contributed by atoms with Gasteiger partial charge in [-0.25, -0.2) is 9.97 Å². The molecule has 0 fully saturated rings. The number of aromatic nitrogens is 4. The van der Waals surface area contributed by atoms with E-state index in [4.69, 9.17) is 0 Å². The molecule has 7 heteroatoms. The Bertz CT molecular complexity index is 697. The zero-order valence-corrected chi connectivity index (χ0v) is 11.5. The first-order valence-electron chi connectivity index (χ1n) is 6.24. The van der Waals surface area contributed by atoms with Crippen LogP contribution in [0.2, 0.25) is 0 Å². The van der Waals surface area contributed by atoms with Crippen LogP contribution in [0.1, 0.15) is 23.5 Å². The fraction of sp³-hybridized carbons (Fsp3) is 0.308. The Morgan fingerprint density at radius 1 is 1.25 bits per heavy atom. The molecule has 20 heavy (non-hydrogen) atoms. The molecule has 2 aromatic heterocycles. The van der Waals surface area contributed by atoms with Gasteiger partial charge in [0, 0.05) is 30.6 Å². The molecule has 7 nitrogen and oxygen atoms in total. The summed E-state index contributed by atoms with van der Waals surface area (Å²) < 4.78 is 1.68. The van der Waals surface area contributed by atoms with Crippen molar-refractivity contribution in [1.29, 1.82) is 0 Å². The first kappa shape index (κ1) is 12.5. The van der Waals surface area contributed by atoms with Gasteiger partial charge >= 0.3 is 0 Å². The van der Waals surface area contributed by atoms with Crippen LogP contribution in [0, 0.1) is 13.8 Å². The highest BCUT2D eigenvalue weighted by Crippen LogP contribution is 2.21. The summed E-state index contributed by atoms with van der Waals surface area (Å²) in [6.45, 7) is 3.66. The van der Waals surface area contributed by atoms with E-state index < -0.39 is 0 Å². The second-order valence-corrected chi connectivity index (χ2v) is 4.75. The van der Waals surface area contributed by atoms with E-state index in [0.717, 1.165) is 11.3 Å². The zero-order chi connectivity index (χ0) is 14.3. The van der Waals surface area contributed by atoms with Crippen molar-refractivity contribution in [3.05, 3.63) is 35.5 Å². The summed E-state index contributed by atoms with van der Waals surface area (Å²) in [6.07, 6.45) is 3.80. The van der Waals surface area contributed by atoms with Gasteiger partial charge in [-0.1, -0.05) is 0 Å². The summed E-state index contributed by atoms with van der Waals surface area (Å²) >= 11 is 0. The van der Waals surface area contributed by atoms with Crippen molar-refractivity contribution in [3.63, 3.8) is 0 Å². The minimum atomic E-state index is -0.0960. The highest BCUT2D eigenvalue weighted by Gasteiger charge is 2.28.